The molecule has 3 rings (SSSR count). The zero-order valence-corrected chi connectivity index (χ0v) is 11.2. The van der Waals surface area contributed by atoms with Crippen LogP contribution in [0.5, 0.6) is 0 Å². The summed E-state index contributed by atoms with van der Waals surface area (Å²) in [5, 5.41) is 4.43. The molecule has 18 heavy (non-hydrogen) atoms. The summed E-state index contributed by atoms with van der Waals surface area (Å²) in [5.41, 5.74) is 3.96. The molecule has 0 spiro atoms. The minimum atomic E-state index is -0.112. The van der Waals surface area contributed by atoms with E-state index in [1.165, 1.54) is 16.7 Å². The standard InChI is InChI=1S/C16H16ClN/c1-16(13-6-8-14(17)9-7-13)15-5-3-2-4-12(15)10-11-18-16/h2-9,18H,10-11H2,1H3. The molecule has 1 nitrogen and oxygen atoms in total. The first-order valence-corrected chi connectivity index (χ1v) is 6.67. The Bertz CT molecular complexity index is 562. The monoisotopic (exact) mass is 257 g/mol. The molecule has 1 heterocycles. The summed E-state index contributed by atoms with van der Waals surface area (Å²) in [6, 6.07) is 16.8. The molecule has 0 amide bonds. The van der Waals surface area contributed by atoms with Crippen LogP contribution >= 0.6 is 11.6 Å². The van der Waals surface area contributed by atoms with E-state index in [9.17, 15) is 0 Å². The van der Waals surface area contributed by atoms with Crippen LogP contribution < -0.4 is 5.32 Å². The number of hydrogen-bond donors (Lipinski definition) is 1. The fourth-order valence-electron chi connectivity index (χ4n) is 2.81. The maximum absolute atomic E-state index is 5.98. The molecular weight excluding hydrogens is 242 g/mol. The highest BCUT2D eigenvalue weighted by Crippen LogP contribution is 2.34. The van der Waals surface area contributed by atoms with Crippen LogP contribution in [0.1, 0.15) is 23.6 Å². The largest absolute Gasteiger partial charge is 0.304 e. The SMILES string of the molecule is CC1(c2ccc(Cl)cc2)NCCc2ccccc21. The lowest BCUT2D eigenvalue weighted by Crippen LogP contribution is -2.45. The van der Waals surface area contributed by atoms with Crippen molar-refractivity contribution in [3.63, 3.8) is 0 Å². The van der Waals surface area contributed by atoms with Gasteiger partial charge < -0.3 is 5.32 Å². The minimum Gasteiger partial charge on any atom is -0.304 e. The Kier molecular flexibility index (Phi) is 2.89. The minimum absolute atomic E-state index is 0.112. The quantitative estimate of drug-likeness (QED) is 0.821. The van der Waals surface area contributed by atoms with Crippen LogP contribution in [0.2, 0.25) is 5.02 Å². The summed E-state index contributed by atoms with van der Waals surface area (Å²) in [6.45, 7) is 3.25. The third kappa shape index (κ3) is 1.84. The van der Waals surface area contributed by atoms with Gasteiger partial charge in [-0.2, -0.15) is 0 Å². The lowest BCUT2D eigenvalue weighted by atomic mass is 9.79. The van der Waals surface area contributed by atoms with Crippen molar-refractivity contribution in [2.75, 3.05) is 6.54 Å². The smallest absolute Gasteiger partial charge is 0.0664 e. The van der Waals surface area contributed by atoms with Crippen molar-refractivity contribution in [2.24, 2.45) is 0 Å². The molecule has 1 aliphatic heterocycles. The fourth-order valence-corrected chi connectivity index (χ4v) is 2.94. The van der Waals surface area contributed by atoms with Gasteiger partial charge in [0.25, 0.3) is 0 Å². The Morgan fingerprint density at radius 1 is 1.06 bits per heavy atom. The molecule has 0 saturated carbocycles. The Morgan fingerprint density at radius 2 is 1.78 bits per heavy atom. The average Bonchev–Trinajstić information content (AvgIpc) is 2.40. The maximum Gasteiger partial charge on any atom is 0.0664 e. The molecule has 92 valence electrons. The molecule has 0 aliphatic carbocycles. The highest BCUT2D eigenvalue weighted by Gasteiger charge is 2.32. The van der Waals surface area contributed by atoms with Gasteiger partial charge >= 0.3 is 0 Å². The van der Waals surface area contributed by atoms with Gasteiger partial charge in [0.15, 0.2) is 0 Å². The number of fused-ring (bicyclic) bond motifs is 1. The van der Waals surface area contributed by atoms with E-state index in [1.54, 1.807) is 0 Å². The predicted molar refractivity (Wildman–Crippen MR) is 76.1 cm³/mol. The first-order chi connectivity index (χ1) is 8.70. The Balaban J connectivity index is 2.13. The van der Waals surface area contributed by atoms with Gasteiger partial charge in [0.2, 0.25) is 0 Å². The van der Waals surface area contributed by atoms with Gasteiger partial charge in [-0.25, -0.2) is 0 Å². The molecule has 2 aromatic rings. The average molecular weight is 258 g/mol. The van der Waals surface area contributed by atoms with Crippen molar-refractivity contribution in [3.05, 3.63) is 70.2 Å². The Labute approximate surface area is 113 Å². The highest BCUT2D eigenvalue weighted by atomic mass is 35.5. The van der Waals surface area contributed by atoms with Crippen molar-refractivity contribution in [2.45, 2.75) is 18.9 Å². The van der Waals surface area contributed by atoms with Crippen LogP contribution in [0.25, 0.3) is 0 Å². The van der Waals surface area contributed by atoms with E-state index in [0.717, 1.165) is 18.0 Å². The molecule has 0 saturated heterocycles. The van der Waals surface area contributed by atoms with Crippen molar-refractivity contribution >= 4 is 11.6 Å². The fraction of sp³-hybridized carbons (Fsp3) is 0.250. The second-order valence-corrected chi connectivity index (χ2v) is 5.40. The molecule has 0 aromatic heterocycles. The van der Waals surface area contributed by atoms with Gasteiger partial charge in [-0.3, -0.25) is 0 Å². The number of rotatable bonds is 1. The van der Waals surface area contributed by atoms with E-state index in [2.05, 4.69) is 48.6 Å². The van der Waals surface area contributed by atoms with Gasteiger partial charge in [-0.1, -0.05) is 48.0 Å². The van der Waals surface area contributed by atoms with Crippen molar-refractivity contribution < 1.29 is 0 Å². The first kappa shape index (κ1) is 11.8. The number of benzene rings is 2. The lowest BCUT2D eigenvalue weighted by Gasteiger charge is -2.37. The molecule has 0 bridgehead atoms. The van der Waals surface area contributed by atoms with Crippen LogP contribution in [-0.4, -0.2) is 6.54 Å². The molecule has 1 unspecified atom stereocenters. The van der Waals surface area contributed by atoms with E-state index >= 15 is 0 Å². The molecule has 1 aliphatic rings. The Hall–Kier alpha value is -1.31. The van der Waals surface area contributed by atoms with E-state index in [4.69, 9.17) is 11.6 Å². The normalized spacial score (nSPS) is 22.6. The summed E-state index contributed by atoms with van der Waals surface area (Å²) in [5.74, 6) is 0. The molecule has 1 N–H and O–H groups in total. The van der Waals surface area contributed by atoms with Crippen molar-refractivity contribution in [3.8, 4) is 0 Å². The lowest BCUT2D eigenvalue weighted by molar-refractivity contribution is 0.415. The molecule has 0 fully saturated rings. The third-order valence-electron chi connectivity index (χ3n) is 3.85. The van der Waals surface area contributed by atoms with E-state index < -0.39 is 0 Å². The van der Waals surface area contributed by atoms with Crippen LogP contribution in [0.4, 0.5) is 0 Å². The van der Waals surface area contributed by atoms with E-state index in [0.29, 0.717) is 0 Å². The van der Waals surface area contributed by atoms with Crippen LogP contribution in [0, 0.1) is 0 Å². The van der Waals surface area contributed by atoms with Crippen LogP contribution in [0.3, 0.4) is 0 Å². The second kappa shape index (κ2) is 4.42. The molecule has 1 atom stereocenters. The van der Waals surface area contributed by atoms with E-state index in [1.807, 2.05) is 12.1 Å². The van der Waals surface area contributed by atoms with Gasteiger partial charge in [0, 0.05) is 11.6 Å². The summed E-state index contributed by atoms with van der Waals surface area (Å²) >= 11 is 5.98. The van der Waals surface area contributed by atoms with E-state index in [-0.39, 0.29) is 5.54 Å². The molecule has 2 heteroatoms. The third-order valence-corrected chi connectivity index (χ3v) is 4.10. The predicted octanol–water partition coefficient (Wildman–Crippen LogP) is 3.75. The molecule has 0 radical (unpaired) electrons. The zero-order valence-electron chi connectivity index (χ0n) is 10.4. The van der Waals surface area contributed by atoms with Gasteiger partial charge in [0.05, 0.1) is 5.54 Å². The molecular formula is C16H16ClN. The van der Waals surface area contributed by atoms with Crippen LogP contribution in [-0.2, 0) is 12.0 Å². The van der Waals surface area contributed by atoms with Crippen molar-refractivity contribution in [1.29, 1.82) is 0 Å². The first-order valence-electron chi connectivity index (χ1n) is 6.29. The summed E-state index contributed by atoms with van der Waals surface area (Å²) in [6.07, 6.45) is 1.10. The topological polar surface area (TPSA) is 12.0 Å². The summed E-state index contributed by atoms with van der Waals surface area (Å²) in [7, 11) is 0. The number of nitrogens with one attached hydrogen (secondary N) is 1. The van der Waals surface area contributed by atoms with Gasteiger partial charge in [0.1, 0.15) is 0 Å². The number of hydrogen-bond acceptors (Lipinski definition) is 1. The summed E-state index contributed by atoms with van der Waals surface area (Å²) < 4.78 is 0. The summed E-state index contributed by atoms with van der Waals surface area (Å²) in [4.78, 5) is 0. The maximum atomic E-state index is 5.98. The molecule has 2 aromatic carbocycles. The highest BCUT2D eigenvalue weighted by molar-refractivity contribution is 6.30. The van der Waals surface area contributed by atoms with Crippen LogP contribution in [0.15, 0.2) is 48.5 Å². The second-order valence-electron chi connectivity index (χ2n) is 4.97. The zero-order chi connectivity index (χ0) is 12.6. The number of halogens is 1. The van der Waals surface area contributed by atoms with Gasteiger partial charge in [-0.05, 0) is 42.2 Å². The van der Waals surface area contributed by atoms with Crippen molar-refractivity contribution in [1.82, 2.24) is 5.32 Å². The Morgan fingerprint density at radius 3 is 2.56 bits per heavy atom. The van der Waals surface area contributed by atoms with Gasteiger partial charge in [-0.15, -0.1) is 0 Å².